The van der Waals surface area contributed by atoms with Crippen molar-refractivity contribution in [3.05, 3.63) is 29.8 Å². The Labute approximate surface area is 127 Å². The van der Waals surface area contributed by atoms with Crippen LogP contribution in [-0.2, 0) is 16.6 Å². The minimum atomic E-state index is -3.07. The molecule has 0 unspecified atom stereocenters. The Morgan fingerprint density at radius 1 is 1.33 bits per heavy atom. The number of ether oxygens (including phenoxy) is 1. The largest absolute Gasteiger partial charge is 0.497 e. The number of rotatable bonds is 5. The Hall–Kier alpha value is -1.11. The minimum absolute atomic E-state index is 0.312. The lowest BCUT2D eigenvalue weighted by molar-refractivity contribution is 0.220. The van der Waals surface area contributed by atoms with Gasteiger partial charge in [0.15, 0.2) is 0 Å². The van der Waals surface area contributed by atoms with Crippen molar-refractivity contribution >= 4 is 10.0 Å². The molecule has 1 aliphatic rings. The number of nitrogens with zero attached hydrogens (tertiary/aromatic N) is 1. The second-order valence-electron chi connectivity index (χ2n) is 5.72. The van der Waals surface area contributed by atoms with Crippen molar-refractivity contribution < 1.29 is 13.2 Å². The lowest BCUT2D eigenvalue weighted by atomic mass is 9.95. The molecule has 5 nitrogen and oxygen atoms in total. The highest BCUT2D eigenvalue weighted by atomic mass is 32.2. The third-order valence-corrected chi connectivity index (χ3v) is 5.33. The molecule has 1 N–H and O–H groups in total. The van der Waals surface area contributed by atoms with Gasteiger partial charge in [-0.2, -0.15) is 0 Å². The van der Waals surface area contributed by atoms with Crippen LogP contribution in [0.3, 0.4) is 0 Å². The fourth-order valence-corrected chi connectivity index (χ4v) is 3.65. The normalized spacial score (nSPS) is 24.0. The van der Waals surface area contributed by atoms with Gasteiger partial charge in [0.25, 0.3) is 0 Å². The highest BCUT2D eigenvalue weighted by Gasteiger charge is 2.29. The molecule has 2 rings (SSSR count). The van der Waals surface area contributed by atoms with E-state index < -0.39 is 10.0 Å². The zero-order valence-electron chi connectivity index (χ0n) is 12.9. The predicted octanol–water partition coefficient (Wildman–Crippen LogP) is 1.45. The molecular formula is C15H24N2O3S. The lowest BCUT2D eigenvalue weighted by Gasteiger charge is -2.36. The molecule has 1 fully saturated rings. The molecule has 1 aromatic rings. The summed E-state index contributed by atoms with van der Waals surface area (Å²) in [6, 6.07) is 8.34. The van der Waals surface area contributed by atoms with Gasteiger partial charge >= 0.3 is 0 Å². The monoisotopic (exact) mass is 312 g/mol. The van der Waals surface area contributed by atoms with E-state index in [2.05, 4.69) is 12.2 Å². The van der Waals surface area contributed by atoms with Gasteiger partial charge in [-0.25, -0.2) is 12.7 Å². The molecule has 0 amide bonds. The Morgan fingerprint density at radius 2 is 2.00 bits per heavy atom. The molecular weight excluding hydrogens is 288 g/mol. The van der Waals surface area contributed by atoms with Crippen LogP contribution >= 0.6 is 0 Å². The first-order valence-electron chi connectivity index (χ1n) is 7.21. The molecule has 0 bridgehead atoms. The van der Waals surface area contributed by atoms with E-state index in [1.165, 1.54) is 11.8 Å². The summed E-state index contributed by atoms with van der Waals surface area (Å²) in [5.41, 5.74) is 1.20. The molecule has 1 aromatic carbocycles. The molecule has 0 radical (unpaired) electrons. The molecule has 1 aliphatic heterocycles. The number of piperidine rings is 1. The third-order valence-electron chi connectivity index (χ3n) is 4.06. The molecule has 0 spiro atoms. The van der Waals surface area contributed by atoms with Crippen LogP contribution in [0.2, 0.25) is 0 Å². The third kappa shape index (κ3) is 4.43. The van der Waals surface area contributed by atoms with E-state index >= 15 is 0 Å². The van der Waals surface area contributed by atoms with Crippen LogP contribution in [-0.4, -0.2) is 45.2 Å². The second kappa shape index (κ2) is 6.77. The summed E-state index contributed by atoms with van der Waals surface area (Å²) in [5.74, 6) is 1.17. The van der Waals surface area contributed by atoms with Crippen molar-refractivity contribution in [2.24, 2.45) is 5.92 Å². The zero-order valence-corrected chi connectivity index (χ0v) is 13.7. The number of hydrogen-bond acceptors (Lipinski definition) is 4. The van der Waals surface area contributed by atoms with Crippen LogP contribution in [0.4, 0.5) is 0 Å². The van der Waals surface area contributed by atoms with E-state index in [1.807, 2.05) is 24.3 Å². The number of methoxy groups -OCH3 is 1. The highest BCUT2D eigenvalue weighted by Crippen LogP contribution is 2.19. The Morgan fingerprint density at radius 3 is 2.52 bits per heavy atom. The first-order chi connectivity index (χ1) is 9.90. The van der Waals surface area contributed by atoms with Gasteiger partial charge in [-0.3, -0.25) is 0 Å². The number of hydrogen-bond donors (Lipinski definition) is 1. The summed E-state index contributed by atoms with van der Waals surface area (Å²) in [5, 5.41) is 3.53. The average molecular weight is 312 g/mol. The van der Waals surface area contributed by atoms with Gasteiger partial charge in [0.05, 0.1) is 13.4 Å². The molecule has 6 heteroatoms. The number of benzene rings is 1. The standard InChI is InChI=1S/C15H24N2O3S/c1-12-11-17(21(3,18)19)9-8-15(12)16-10-13-4-6-14(20-2)7-5-13/h4-7,12,15-16H,8-11H2,1-3H3/t12-,15+/m1/s1. The first-order valence-corrected chi connectivity index (χ1v) is 9.06. The molecule has 118 valence electrons. The SMILES string of the molecule is COc1ccc(CN[C@H]2CCN(S(C)(=O)=O)C[C@H]2C)cc1. The number of nitrogens with one attached hydrogen (secondary N) is 1. The van der Waals surface area contributed by atoms with E-state index in [1.54, 1.807) is 11.4 Å². The molecule has 1 heterocycles. The van der Waals surface area contributed by atoms with Crippen LogP contribution in [0, 0.1) is 5.92 Å². The fourth-order valence-electron chi connectivity index (χ4n) is 2.70. The van der Waals surface area contributed by atoms with E-state index in [0.29, 0.717) is 25.0 Å². The quantitative estimate of drug-likeness (QED) is 0.894. The van der Waals surface area contributed by atoms with E-state index in [9.17, 15) is 8.42 Å². The molecule has 21 heavy (non-hydrogen) atoms. The van der Waals surface area contributed by atoms with Crippen LogP contribution in [0.5, 0.6) is 5.75 Å². The zero-order chi connectivity index (χ0) is 15.5. The average Bonchev–Trinajstić information content (AvgIpc) is 2.45. The summed E-state index contributed by atoms with van der Waals surface area (Å²) >= 11 is 0. The van der Waals surface area contributed by atoms with Gasteiger partial charge in [0, 0.05) is 25.7 Å². The Kier molecular flexibility index (Phi) is 5.24. The smallest absolute Gasteiger partial charge is 0.211 e. The Balaban J connectivity index is 1.86. The van der Waals surface area contributed by atoms with Crippen LogP contribution < -0.4 is 10.1 Å². The van der Waals surface area contributed by atoms with Gasteiger partial charge in [0.1, 0.15) is 5.75 Å². The summed E-state index contributed by atoms with van der Waals surface area (Å²) in [4.78, 5) is 0. The summed E-state index contributed by atoms with van der Waals surface area (Å²) < 4.78 is 29.9. The van der Waals surface area contributed by atoms with Crippen molar-refractivity contribution in [1.29, 1.82) is 0 Å². The van der Waals surface area contributed by atoms with Gasteiger partial charge in [0.2, 0.25) is 10.0 Å². The number of sulfonamides is 1. The van der Waals surface area contributed by atoms with E-state index in [0.717, 1.165) is 18.7 Å². The van der Waals surface area contributed by atoms with Crippen molar-refractivity contribution in [2.75, 3.05) is 26.5 Å². The summed E-state index contributed by atoms with van der Waals surface area (Å²) in [6.45, 7) is 4.09. The minimum Gasteiger partial charge on any atom is -0.497 e. The molecule has 0 aliphatic carbocycles. The van der Waals surface area contributed by atoms with Gasteiger partial charge in [-0.1, -0.05) is 19.1 Å². The predicted molar refractivity (Wildman–Crippen MR) is 83.8 cm³/mol. The van der Waals surface area contributed by atoms with Crippen molar-refractivity contribution in [2.45, 2.75) is 25.9 Å². The fraction of sp³-hybridized carbons (Fsp3) is 0.600. The summed E-state index contributed by atoms with van der Waals surface area (Å²) in [7, 11) is -1.41. The van der Waals surface area contributed by atoms with E-state index in [-0.39, 0.29) is 0 Å². The lowest BCUT2D eigenvalue weighted by Crippen LogP contribution is -2.49. The topological polar surface area (TPSA) is 58.6 Å². The maximum atomic E-state index is 11.6. The summed E-state index contributed by atoms with van der Waals surface area (Å²) in [6.07, 6.45) is 2.13. The van der Waals surface area contributed by atoms with Gasteiger partial charge in [-0.05, 0) is 30.0 Å². The molecule has 2 atom stereocenters. The molecule has 0 aromatic heterocycles. The van der Waals surface area contributed by atoms with E-state index in [4.69, 9.17) is 4.74 Å². The van der Waals surface area contributed by atoms with Gasteiger partial charge in [-0.15, -0.1) is 0 Å². The first kappa shape index (κ1) is 16.3. The van der Waals surface area contributed by atoms with Crippen LogP contribution in [0.25, 0.3) is 0 Å². The Bertz CT molecular complexity index is 557. The maximum absolute atomic E-state index is 11.6. The highest BCUT2D eigenvalue weighted by molar-refractivity contribution is 7.88. The second-order valence-corrected chi connectivity index (χ2v) is 7.70. The molecule has 1 saturated heterocycles. The van der Waals surface area contributed by atoms with Crippen LogP contribution in [0.15, 0.2) is 24.3 Å². The molecule has 0 saturated carbocycles. The van der Waals surface area contributed by atoms with Crippen LogP contribution in [0.1, 0.15) is 18.9 Å². The van der Waals surface area contributed by atoms with Gasteiger partial charge < -0.3 is 10.1 Å². The van der Waals surface area contributed by atoms with Crippen molar-refractivity contribution in [1.82, 2.24) is 9.62 Å². The maximum Gasteiger partial charge on any atom is 0.211 e. The van der Waals surface area contributed by atoms with Crippen molar-refractivity contribution in [3.63, 3.8) is 0 Å². The van der Waals surface area contributed by atoms with Crippen molar-refractivity contribution in [3.8, 4) is 5.75 Å².